The highest BCUT2D eigenvalue weighted by atomic mass is 16.5. The van der Waals surface area contributed by atoms with Crippen LogP contribution in [0.4, 0.5) is 0 Å². The molecule has 1 aromatic heterocycles. The summed E-state index contributed by atoms with van der Waals surface area (Å²) in [7, 11) is 1.60. The summed E-state index contributed by atoms with van der Waals surface area (Å²) in [5.74, 6) is 0.305. The molecule has 4 aromatic rings. The second-order valence-corrected chi connectivity index (χ2v) is 9.33. The van der Waals surface area contributed by atoms with Crippen LogP contribution in [0.25, 0.3) is 10.9 Å². The second-order valence-electron chi connectivity index (χ2n) is 9.33. The fourth-order valence-corrected chi connectivity index (χ4v) is 4.63. The molecule has 0 unspecified atom stereocenters. The van der Waals surface area contributed by atoms with Crippen LogP contribution >= 0.6 is 0 Å². The van der Waals surface area contributed by atoms with Crippen molar-refractivity contribution in [2.24, 2.45) is 0 Å². The highest BCUT2D eigenvalue weighted by Gasteiger charge is 2.22. The highest BCUT2D eigenvalue weighted by molar-refractivity contribution is 5.98. The highest BCUT2D eigenvalue weighted by Crippen LogP contribution is 2.22. The van der Waals surface area contributed by atoms with Crippen LogP contribution in [-0.2, 0) is 22.6 Å². The molecule has 0 aliphatic carbocycles. The third-order valence-electron chi connectivity index (χ3n) is 6.62. The number of methoxy groups -OCH3 is 1. The van der Waals surface area contributed by atoms with Gasteiger partial charge in [0.2, 0.25) is 11.8 Å². The number of ether oxygens (including phenoxy) is 1. The van der Waals surface area contributed by atoms with Crippen LogP contribution in [0.1, 0.15) is 41.3 Å². The maximum Gasteiger partial charge on any atom is 0.220 e. The summed E-state index contributed by atoms with van der Waals surface area (Å²) in [6, 6.07) is 24.2. The minimum absolute atomic E-state index is 0.0736. The van der Waals surface area contributed by atoms with Crippen molar-refractivity contribution in [2.75, 3.05) is 13.7 Å². The molecule has 3 aromatic carbocycles. The molecule has 196 valence electrons. The molecule has 2 amide bonds. The summed E-state index contributed by atoms with van der Waals surface area (Å²) >= 11 is 0. The zero-order chi connectivity index (χ0) is 26.9. The van der Waals surface area contributed by atoms with Crippen molar-refractivity contribution >= 4 is 28.5 Å². The number of fused-ring (bicyclic) bond motifs is 1. The molecule has 1 heterocycles. The number of para-hydroxylation sites is 2. The normalized spacial score (nSPS) is 11.6. The van der Waals surface area contributed by atoms with Crippen LogP contribution in [0.15, 0.2) is 85.1 Å². The molecule has 0 fully saturated rings. The number of benzene rings is 3. The van der Waals surface area contributed by atoms with Crippen molar-refractivity contribution in [1.29, 1.82) is 0 Å². The van der Waals surface area contributed by atoms with E-state index in [1.54, 1.807) is 24.1 Å². The van der Waals surface area contributed by atoms with E-state index in [0.717, 1.165) is 22.0 Å². The minimum Gasteiger partial charge on any atom is -0.496 e. The second kappa shape index (κ2) is 12.7. The summed E-state index contributed by atoms with van der Waals surface area (Å²) in [5.41, 5.74) is 3.54. The number of aromatic nitrogens is 1. The predicted molar refractivity (Wildman–Crippen MR) is 148 cm³/mol. The number of amides is 2. The Bertz CT molecular complexity index is 1400. The first-order chi connectivity index (χ1) is 18.4. The maximum atomic E-state index is 13.0. The van der Waals surface area contributed by atoms with Gasteiger partial charge in [-0.3, -0.25) is 14.4 Å². The van der Waals surface area contributed by atoms with Gasteiger partial charge in [-0.05, 0) is 24.1 Å². The van der Waals surface area contributed by atoms with Gasteiger partial charge >= 0.3 is 0 Å². The molecule has 0 aliphatic rings. The standard InChI is InChI=1S/C31H33N3O4/c1-22(35)34(20-24-12-6-9-15-30(24)38-2)21-26(18-25-19-32-28-14-8-7-13-27(25)28)33-31(37)17-16-29(36)23-10-4-3-5-11-23/h3-15,19,26,32H,16-18,20-21H2,1-2H3,(H,33,37)/t26-/m1/s1. The molecule has 0 aliphatic heterocycles. The predicted octanol–water partition coefficient (Wildman–Crippen LogP) is 4.92. The summed E-state index contributed by atoms with van der Waals surface area (Å²) < 4.78 is 5.48. The van der Waals surface area contributed by atoms with E-state index in [1.165, 1.54) is 6.92 Å². The molecule has 0 saturated carbocycles. The SMILES string of the molecule is COc1ccccc1CN(C[C@@H](Cc1c[nH]c2ccccc12)NC(=O)CCC(=O)c1ccccc1)C(C)=O. The number of nitrogens with one attached hydrogen (secondary N) is 2. The molecular weight excluding hydrogens is 478 g/mol. The Morgan fingerprint density at radius 1 is 0.895 bits per heavy atom. The fraction of sp³-hybridized carbons (Fsp3) is 0.258. The van der Waals surface area contributed by atoms with E-state index in [0.29, 0.717) is 30.8 Å². The van der Waals surface area contributed by atoms with E-state index in [2.05, 4.69) is 10.3 Å². The lowest BCUT2D eigenvalue weighted by Gasteiger charge is -2.28. The molecule has 7 heteroatoms. The number of carbonyl (C=O) groups is 3. The van der Waals surface area contributed by atoms with Crippen molar-refractivity contribution < 1.29 is 19.1 Å². The Labute approximate surface area is 222 Å². The van der Waals surface area contributed by atoms with E-state index in [-0.39, 0.29) is 36.5 Å². The van der Waals surface area contributed by atoms with Crippen molar-refractivity contribution in [3.8, 4) is 5.75 Å². The monoisotopic (exact) mass is 511 g/mol. The number of nitrogens with zero attached hydrogens (tertiary/aromatic N) is 1. The fourth-order valence-electron chi connectivity index (χ4n) is 4.63. The van der Waals surface area contributed by atoms with Gasteiger partial charge in [0.15, 0.2) is 5.78 Å². The Morgan fingerprint density at radius 2 is 1.61 bits per heavy atom. The van der Waals surface area contributed by atoms with E-state index in [1.807, 2.05) is 72.9 Å². The van der Waals surface area contributed by atoms with E-state index < -0.39 is 0 Å². The Kier molecular flexibility index (Phi) is 8.93. The van der Waals surface area contributed by atoms with Crippen molar-refractivity contribution in [2.45, 2.75) is 38.8 Å². The maximum absolute atomic E-state index is 13.0. The summed E-state index contributed by atoms with van der Waals surface area (Å²) in [6.07, 6.45) is 2.66. The molecule has 2 N–H and O–H groups in total. The van der Waals surface area contributed by atoms with Crippen LogP contribution in [0.3, 0.4) is 0 Å². The van der Waals surface area contributed by atoms with Gasteiger partial charge in [-0.25, -0.2) is 0 Å². The van der Waals surface area contributed by atoms with Gasteiger partial charge in [0.05, 0.1) is 13.2 Å². The van der Waals surface area contributed by atoms with Gasteiger partial charge in [-0.2, -0.15) is 0 Å². The van der Waals surface area contributed by atoms with Crippen molar-refractivity contribution in [1.82, 2.24) is 15.2 Å². The third-order valence-corrected chi connectivity index (χ3v) is 6.62. The lowest BCUT2D eigenvalue weighted by atomic mass is 10.0. The van der Waals surface area contributed by atoms with Crippen LogP contribution < -0.4 is 10.1 Å². The smallest absolute Gasteiger partial charge is 0.220 e. The first kappa shape index (κ1) is 26.7. The van der Waals surface area contributed by atoms with Crippen LogP contribution in [0.2, 0.25) is 0 Å². The van der Waals surface area contributed by atoms with Gasteiger partial charge in [0.1, 0.15) is 5.75 Å². The molecule has 0 saturated heterocycles. The topological polar surface area (TPSA) is 91.5 Å². The quantitative estimate of drug-likeness (QED) is 0.264. The molecular formula is C31H33N3O4. The van der Waals surface area contributed by atoms with E-state index in [4.69, 9.17) is 4.74 Å². The Hall–Kier alpha value is -4.39. The summed E-state index contributed by atoms with van der Waals surface area (Å²) in [4.78, 5) is 43.2. The van der Waals surface area contributed by atoms with Crippen LogP contribution in [-0.4, -0.2) is 47.2 Å². The van der Waals surface area contributed by atoms with Crippen LogP contribution in [0.5, 0.6) is 5.75 Å². The molecule has 4 rings (SSSR count). The average molecular weight is 512 g/mol. The third kappa shape index (κ3) is 6.88. The number of carbonyl (C=O) groups excluding carboxylic acids is 3. The van der Waals surface area contributed by atoms with Crippen molar-refractivity contribution in [3.05, 3.63) is 102 Å². The average Bonchev–Trinajstić information content (AvgIpc) is 3.34. The van der Waals surface area contributed by atoms with Gasteiger partial charge in [0.25, 0.3) is 0 Å². The summed E-state index contributed by atoms with van der Waals surface area (Å²) in [6.45, 7) is 2.19. The zero-order valence-electron chi connectivity index (χ0n) is 21.8. The van der Waals surface area contributed by atoms with Gasteiger partial charge in [-0.1, -0.05) is 66.7 Å². The lowest BCUT2D eigenvalue weighted by molar-refractivity contribution is -0.130. The number of H-pyrrole nitrogens is 1. The molecule has 7 nitrogen and oxygen atoms in total. The van der Waals surface area contributed by atoms with E-state index >= 15 is 0 Å². The molecule has 38 heavy (non-hydrogen) atoms. The lowest BCUT2D eigenvalue weighted by Crippen LogP contribution is -2.46. The minimum atomic E-state index is -0.354. The molecule has 0 bridgehead atoms. The molecule has 1 atom stereocenters. The molecule has 0 radical (unpaired) electrons. The zero-order valence-corrected chi connectivity index (χ0v) is 21.8. The number of Topliss-reactive ketones (excluding diaryl/α,β-unsaturated/α-hetero) is 1. The Morgan fingerprint density at radius 3 is 2.37 bits per heavy atom. The van der Waals surface area contributed by atoms with Crippen LogP contribution in [0, 0.1) is 0 Å². The van der Waals surface area contributed by atoms with E-state index in [9.17, 15) is 14.4 Å². The van der Waals surface area contributed by atoms with Crippen molar-refractivity contribution in [3.63, 3.8) is 0 Å². The first-order valence-corrected chi connectivity index (χ1v) is 12.7. The number of hydrogen-bond donors (Lipinski definition) is 2. The van der Waals surface area contributed by atoms with Gasteiger partial charge in [0, 0.05) is 61.1 Å². The largest absolute Gasteiger partial charge is 0.496 e. The van der Waals surface area contributed by atoms with Gasteiger partial charge < -0.3 is 19.9 Å². The molecule has 0 spiro atoms. The number of aromatic amines is 1. The summed E-state index contributed by atoms with van der Waals surface area (Å²) in [5, 5.41) is 4.17. The van der Waals surface area contributed by atoms with Gasteiger partial charge in [-0.15, -0.1) is 0 Å². The first-order valence-electron chi connectivity index (χ1n) is 12.7. The number of hydrogen-bond acceptors (Lipinski definition) is 4. The number of rotatable bonds is 12. The Balaban J connectivity index is 1.50. The number of ketones is 1.